The van der Waals surface area contributed by atoms with Crippen molar-refractivity contribution in [2.75, 3.05) is 26.5 Å². The van der Waals surface area contributed by atoms with Crippen LogP contribution in [0.5, 0.6) is 0 Å². The van der Waals surface area contributed by atoms with Crippen LogP contribution < -0.4 is 0 Å². The van der Waals surface area contributed by atoms with E-state index in [2.05, 4.69) is 0 Å². The van der Waals surface area contributed by atoms with E-state index in [1.165, 1.54) is 16.3 Å². The Morgan fingerprint density at radius 1 is 1.05 bits per heavy atom. The van der Waals surface area contributed by atoms with Crippen LogP contribution in [0.15, 0.2) is 0 Å². The van der Waals surface area contributed by atoms with Gasteiger partial charge in [0.05, 0.1) is 13.4 Å². The van der Waals surface area contributed by atoms with Crippen molar-refractivity contribution in [2.45, 2.75) is 44.2 Å². The quantitative estimate of drug-likeness (QED) is 0.682. The molecule has 0 N–H and O–H groups in total. The maximum Gasteiger partial charge on any atom is 0.328 e. The Hall–Kier alpha value is -1.15. The molecule has 21 heavy (non-hydrogen) atoms. The van der Waals surface area contributed by atoms with Gasteiger partial charge in [0.25, 0.3) is 0 Å². The molecule has 2 aliphatic rings. The molecule has 1 amide bonds. The maximum absolute atomic E-state index is 12.7. The van der Waals surface area contributed by atoms with E-state index in [1.807, 2.05) is 0 Å². The molecule has 0 aromatic carbocycles. The SMILES string of the molecule is COC(=O)C1CCCCN1C(=O)C1CCCN1S(C)(=O)=O. The van der Waals surface area contributed by atoms with E-state index in [1.54, 1.807) is 0 Å². The topological polar surface area (TPSA) is 84.0 Å². The molecule has 2 saturated heterocycles. The molecule has 7 nitrogen and oxygen atoms in total. The van der Waals surface area contributed by atoms with Crippen LogP contribution in [0.25, 0.3) is 0 Å². The van der Waals surface area contributed by atoms with E-state index < -0.39 is 28.1 Å². The molecule has 0 saturated carbocycles. The summed E-state index contributed by atoms with van der Waals surface area (Å²) in [6, 6.07) is -1.26. The van der Waals surface area contributed by atoms with E-state index in [0.717, 1.165) is 19.1 Å². The third-order valence-corrected chi connectivity index (χ3v) is 5.46. The van der Waals surface area contributed by atoms with Crippen molar-refractivity contribution in [2.24, 2.45) is 0 Å². The summed E-state index contributed by atoms with van der Waals surface area (Å²) in [6.45, 7) is 0.846. The van der Waals surface area contributed by atoms with E-state index in [0.29, 0.717) is 32.4 Å². The number of piperidine rings is 1. The number of hydrogen-bond acceptors (Lipinski definition) is 5. The Kier molecular flexibility index (Phi) is 4.88. The molecule has 2 unspecified atom stereocenters. The first kappa shape index (κ1) is 16.2. The molecule has 2 atom stereocenters. The van der Waals surface area contributed by atoms with Gasteiger partial charge in [0.15, 0.2) is 0 Å². The zero-order valence-corrected chi connectivity index (χ0v) is 13.3. The lowest BCUT2D eigenvalue weighted by Gasteiger charge is -2.36. The number of ether oxygens (including phenoxy) is 1. The van der Waals surface area contributed by atoms with Gasteiger partial charge in [0.2, 0.25) is 15.9 Å². The summed E-state index contributed by atoms with van der Waals surface area (Å²) >= 11 is 0. The number of carbonyl (C=O) groups is 2. The van der Waals surface area contributed by atoms with Crippen LogP contribution in [0.3, 0.4) is 0 Å². The van der Waals surface area contributed by atoms with Crippen molar-refractivity contribution in [3.05, 3.63) is 0 Å². The van der Waals surface area contributed by atoms with Crippen molar-refractivity contribution in [3.63, 3.8) is 0 Å². The molecule has 2 heterocycles. The smallest absolute Gasteiger partial charge is 0.328 e. The van der Waals surface area contributed by atoms with Gasteiger partial charge < -0.3 is 9.64 Å². The molecular formula is C13H22N2O5S. The molecule has 2 rings (SSSR count). The number of likely N-dealkylation sites (tertiary alicyclic amines) is 1. The number of hydrogen-bond donors (Lipinski definition) is 0. The molecule has 2 aliphatic heterocycles. The lowest BCUT2D eigenvalue weighted by Crippen LogP contribution is -2.55. The Bertz CT molecular complexity index is 519. The van der Waals surface area contributed by atoms with E-state index in [-0.39, 0.29) is 5.91 Å². The fourth-order valence-electron chi connectivity index (χ4n) is 3.15. The van der Waals surface area contributed by atoms with Crippen molar-refractivity contribution in [3.8, 4) is 0 Å². The minimum Gasteiger partial charge on any atom is -0.467 e. The number of rotatable bonds is 3. The van der Waals surface area contributed by atoms with Crippen molar-refractivity contribution >= 4 is 21.9 Å². The van der Waals surface area contributed by atoms with Crippen LogP contribution in [-0.2, 0) is 24.3 Å². The van der Waals surface area contributed by atoms with Gasteiger partial charge in [0, 0.05) is 13.1 Å². The van der Waals surface area contributed by atoms with Crippen LogP contribution in [0, 0.1) is 0 Å². The summed E-state index contributed by atoms with van der Waals surface area (Å²) in [5.41, 5.74) is 0. The second-order valence-corrected chi connectivity index (χ2v) is 7.53. The number of esters is 1. The fraction of sp³-hybridized carbons (Fsp3) is 0.846. The van der Waals surface area contributed by atoms with Crippen molar-refractivity contribution in [1.82, 2.24) is 9.21 Å². The molecule has 0 bridgehead atoms. The van der Waals surface area contributed by atoms with Gasteiger partial charge in [-0.15, -0.1) is 0 Å². The van der Waals surface area contributed by atoms with Crippen LogP contribution >= 0.6 is 0 Å². The molecule has 0 radical (unpaired) electrons. The van der Waals surface area contributed by atoms with E-state index in [4.69, 9.17) is 4.74 Å². The second-order valence-electron chi connectivity index (χ2n) is 5.60. The highest BCUT2D eigenvalue weighted by molar-refractivity contribution is 7.88. The first-order valence-corrected chi connectivity index (χ1v) is 9.06. The van der Waals surface area contributed by atoms with E-state index >= 15 is 0 Å². The van der Waals surface area contributed by atoms with Gasteiger partial charge in [-0.1, -0.05) is 0 Å². The Morgan fingerprint density at radius 3 is 2.33 bits per heavy atom. The lowest BCUT2D eigenvalue weighted by molar-refractivity contribution is -0.155. The van der Waals surface area contributed by atoms with Crippen molar-refractivity contribution < 1.29 is 22.7 Å². The van der Waals surface area contributed by atoms with Crippen LogP contribution in [0.4, 0.5) is 0 Å². The molecule has 0 aromatic heterocycles. The molecule has 8 heteroatoms. The normalized spacial score (nSPS) is 27.6. The number of carbonyl (C=O) groups excluding carboxylic acids is 2. The van der Waals surface area contributed by atoms with Gasteiger partial charge >= 0.3 is 5.97 Å². The predicted molar refractivity (Wildman–Crippen MR) is 75.9 cm³/mol. The third-order valence-electron chi connectivity index (χ3n) is 4.17. The number of sulfonamides is 1. The Labute approximate surface area is 125 Å². The Morgan fingerprint density at radius 2 is 1.71 bits per heavy atom. The molecule has 0 aliphatic carbocycles. The van der Waals surface area contributed by atoms with Gasteiger partial charge in [-0.3, -0.25) is 4.79 Å². The zero-order chi connectivity index (χ0) is 15.6. The highest BCUT2D eigenvalue weighted by Gasteiger charge is 2.42. The number of amides is 1. The summed E-state index contributed by atoms with van der Waals surface area (Å²) in [6.07, 6.45) is 4.56. The first-order valence-electron chi connectivity index (χ1n) is 7.21. The van der Waals surface area contributed by atoms with Crippen LogP contribution in [0.1, 0.15) is 32.1 Å². The average molecular weight is 318 g/mol. The summed E-state index contributed by atoms with van der Waals surface area (Å²) in [7, 11) is -2.11. The van der Waals surface area contributed by atoms with Gasteiger partial charge in [-0.25, -0.2) is 13.2 Å². The molecule has 120 valence electrons. The van der Waals surface area contributed by atoms with Crippen LogP contribution in [0.2, 0.25) is 0 Å². The van der Waals surface area contributed by atoms with Gasteiger partial charge in [-0.05, 0) is 32.1 Å². The molecule has 0 spiro atoms. The standard InChI is InChI=1S/C13H22N2O5S/c1-20-13(17)11-6-3-4-8-14(11)12(16)10-7-5-9-15(10)21(2,18)19/h10-11H,3-9H2,1-2H3. The van der Waals surface area contributed by atoms with Gasteiger partial charge in [-0.2, -0.15) is 4.31 Å². The average Bonchev–Trinajstić information content (AvgIpc) is 2.95. The largest absolute Gasteiger partial charge is 0.467 e. The predicted octanol–water partition coefficient (Wildman–Crippen LogP) is -0.0355. The fourth-order valence-corrected chi connectivity index (χ4v) is 4.27. The Balaban J connectivity index is 2.19. The molecular weight excluding hydrogens is 296 g/mol. The third kappa shape index (κ3) is 3.37. The second kappa shape index (κ2) is 6.31. The minimum absolute atomic E-state index is 0.270. The first-order chi connectivity index (χ1) is 9.86. The summed E-state index contributed by atoms with van der Waals surface area (Å²) in [5.74, 6) is -0.694. The monoisotopic (exact) mass is 318 g/mol. The van der Waals surface area contributed by atoms with Crippen molar-refractivity contribution in [1.29, 1.82) is 0 Å². The summed E-state index contributed by atoms with van der Waals surface area (Å²) in [5, 5.41) is 0. The van der Waals surface area contributed by atoms with E-state index in [9.17, 15) is 18.0 Å². The zero-order valence-electron chi connectivity index (χ0n) is 12.4. The maximum atomic E-state index is 12.7. The van der Waals surface area contributed by atoms with Crippen LogP contribution in [-0.4, -0.2) is 68.0 Å². The van der Waals surface area contributed by atoms with Gasteiger partial charge in [0.1, 0.15) is 12.1 Å². The molecule has 0 aromatic rings. The number of methoxy groups -OCH3 is 1. The minimum atomic E-state index is -3.41. The summed E-state index contributed by atoms with van der Waals surface area (Å²) in [4.78, 5) is 26.0. The number of nitrogens with zero attached hydrogens (tertiary/aromatic N) is 2. The summed E-state index contributed by atoms with van der Waals surface area (Å²) < 4.78 is 29.5. The highest BCUT2D eigenvalue weighted by Crippen LogP contribution is 2.26. The highest BCUT2D eigenvalue weighted by atomic mass is 32.2. The lowest BCUT2D eigenvalue weighted by atomic mass is 10.0. The molecule has 2 fully saturated rings.